The van der Waals surface area contributed by atoms with Crippen molar-refractivity contribution < 1.29 is 14.3 Å². The van der Waals surface area contributed by atoms with E-state index in [4.69, 9.17) is 9.47 Å². The fourth-order valence-corrected chi connectivity index (χ4v) is 0.593. The summed E-state index contributed by atoms with van der Waals surface area (Å²) in [6.07, 6.45) is 0.197. The van der Waals surface area contributed by atoms with Gasteiger partial charge in [-0.1, -0.05) is 13.8 Å². The number of hydrogen-bond donors (Lipinski definition) is 0. The first kappa shape index (κ1) is 11.4. The third kappa shape index (κ3) is 6.16. The van der Waals surface area contributed by atoms with E-state index in [1.807, 2.05) is 27.7 Å². The standard InChI is InChI=1S/C9H18O3/c1-7(2)9(10)12-6-5-11-8(3)4/h7-8H,5-6H2,1-4H3. The molecule has 0 fully saturated rings. The summed E-state index contributed by atoms with van der Waals surface area (Å²) in [5.74, 6) is -0.216. The number of carbonyl (C=O) groups excluding carboxylic acids is 1. The maximum Gasteiger partial charge on any atom is 0.308 e. The second-order valence-corrected chi connectivity index (χ2v) is 3.24. The Labute approximate surface area is 74.0 Å². The van der Waals surface area contributed by atoms with Crippen LogP contribution in [-0.4, -0.2) is 25.3 Å². The van der Waals surface area contributed by atoms with E-state index in [2.05, 4.69) is 0 Å². The Morgan fingerprint density at radius 2 is 1.75 bits per heavy atom. The molecule has 0 heterocycles. The predicted molar refractivity (Wildman–Crippen MR) is 46.9 cm³/mol. The third-order valence-corrected chi connectivity index (χ3v) is 1.25. The van der Waals surface area contributed by atoms with Crippen molar-refractivity contribution in [2.75, 3.05) is 13.2 Å². The molecule has 0 saturated carbocycles. The Kier molecular flexibility index (Phi) is 5.72. The van der Waals surface area contributed by atoms with E-state index < -0.39 is 0 Å². The molecule has 0 rings (SSSR count). The van der Waals surface area contributed by atoms with Gasteiger partial charge in [-0.2, -0.15) is 0 Å². The van der Waals surface area contributed by atoms with Gasteiger partial charge in [-0.15, -0.1) is 0 Å². The van der Waals surface area contributed by atoms with Gasteiger partial charge in [0.1, 0.15) is 6.61 Å². The summed E-state index contributed by atoms with van der Waals surface area (Å²) in [6, 6.07) is 0. The van der Waals surface area contributed by atoms with E-state index in [0.29, 0.717) is 13.2 Å². The van der Waals surface area contributed by atoms with Gasteiger partial charge >= 0.3 is 5.97 Å². The molecule has 0 bridgehead atoms. The van der Waals surface area contributed by atoms with Crippen LogP contribution in [0.2, 0.25) is 0 Å². The summed E-state index contributed by atoms with van der Waals surface area (Å²) in [7, 11) is 0. The fraction of sp³-hybridized carbons (Fsp3) is 0.889. The molecule has 0 spiro atoms. The molecule has 0 aromatic heterocycles. The van der Waals surface area contributed by atoms with Gasteiger partial charge in [0.05, 0.1) is 18.6 Å². The number of esters is 1. The maximum atomic E-state index is 10.9. The lowest BCUT2D eigenvalue weighted by molar-refractivity contribution is -0.149. The van der Waals surface area contributed by atoms with Crippen molar-refractivity contribution in [3.63, 3.8) is 0 Å². The lowest BCUT2D eigenvalue weighted by Crippen LogP contribution is -2.16. The average Bonchev–Trinajstić information content (AvgIpc) is 1.97. The monoisotopic (exact) mass is 174 g/mol. The van der Waals surface area contributed by atoms with Crippen molar-refractivity contribution in [1.82, 2.24) is 0 Å². The average molecular weight is 174 g/mol. The SMILES string of the molecule is CC(C)OCCOC(=O)C(C)C. The summed E-state index contributed by atoms with van der Waals surface area (Å²) in [5, 5.41) is 0. The minimum atomic E-state index is -0.164. The van der Waals surface area contributed by atoms with E-state index in [1.54, 1.807) is 0 Å². The van der Waals surface area contributed by atoms with Gasteiger partial charge in [0, 0.05) is 0 Å². The van der Waals surface area contributed by atoms with Crippen molar-refractivity contribution in [3.8, 4) is 0 Å². The molecule has 0 aliphatic heterocycles. The quantitative estimate of drug-likeness (QED) is 0.469. The number of ether oxygens (including phenoxy) is 2. The van der Waals surface area contributed by atoms with E-state index >= 15 is 0 Å². The van der Waals surface area contributed by atoms with Crippen LogP contribution in [-0.2, 0) is 14.3 Å². The molecule has 72 valence electrons. The van der Waals surface area contributed by atoms with Crippen molar-refractivity contribution in [2.24, 2.45) is 5.92 Å². The lowest BCUT2D eigenvalue weighted by Gasteiger charge is -2.09. The van der Waals surface area contributed by atoms with Crippen LogP contribution in [0.1, 0.15) is 27.7 Å². The highest BCUT2D eigenvalue weighted by atomic mass is 16.6. The lowest BCUT2D eigenvalue weighted by atomic mass is 10.2. The molecule has 0 aliphatic rings. The molecule has 3 nitrogen and oxygen atoms in total. The second-order valence-electron chi connectivity index (χ2n) is 3.24. The van der Waals surface area contributed by atoms with Crippen LogP contribution < -0.4 is 0 Å². The van der Waals surface area contributed by atoms with Gasteiger partial charge < -0.3 is 9.47 Å². The third-order valence-electron chi connectivity index (χ3n) is 1.25. The maximum absolute atomic E-state index is 10.9. The first-order valence-electron chi connectivity index (χ1n) is 4.32. The first-order chi connectivity index (χ1) is 5.54. The van der Waals surface area contributed by atoms with Crippen LogP contribution in [0.25, 0.3) is 0 Å². The Morgan fingerprint density at radius 1 is 1.17 bits per heavy atom. The van der Waals surface area contributed by atoms with Crippen LogP contribution in [0.3, 0.4) is 0 Å². The van der Waals surface area contributed by atoms with Crippen molar-refractivity contribution in [1.29, 1.82) is 0 Å². The van der Waals surface area contributed by atoms with E-state index in [1.165, 1.54) is 0 Å². The molecule has 0 atom stereocenters. The van der Waals surface area contributed by atoms with Crippen LogP contribution in [0, 0.1) is 5.92 Å². The minimum absolute atomic E-state index is 0.0518. The second kappa shape index (κ2) is 6.00. The largest absolute Gasteiger partial charge is 0.463 e. The van der Waals surface area contributed by atoms with Crippen LogP contribution in [0.5, 0.6) is 0 Å². The molecule has 0 saturated heterocycles. The Morgan fingerprint density at radius 3 is 2.17 bits per heavy atom. The van der Waals surface area contributed by atoms with E-state index in [0.717, 1.165) is 0 Å². The summed E-state index contributed by atoms with van der Waals surface area (Å²) in [4.78, 5) is 10.9. The van der Waals surface area contributed by atoms with Gasteiger partial charge in [-0.05, 0) is 13.8 Å². The minimum Gasteiger partial charge on any atom is -0.463 e. The highest BCUT2D eigenvalue weighted by Crippen LogP contribution is 1.95. The molecule has 0 aliphatic carbocycles. The number of rotatable bonds is 5. The van der Waals surface area contributed by atoms with E-state index in [-0.39, 0.29) is 18.0 Å². The molecule has 3 heteroatoms. The van der Waals surface area contributed by atoms with Crippen molar-refractivity contribution in [3.05, 3.63) is 0 Å². The zero-order valence-corrected chi connectivity index (χ0v) is 8.29. The van der Waals surface area contributed by atoms with Crippen molar-refractivity contribution in [2.45, 2.75) is 33.8 Å². The van der Waals surface area contributed by atoms with Crippen molar-refractivity contribution >= 4 is 5.97 Å². The molecule has 12 heavy (non-hydrogen) atoms. The summed E-state index contributed by atoms with van der Waals surface area (Å²) >= 11 is 0. The fourth-order valence-electron chi connectivity index (χ4n) is 0.593. The Hall–Kier alpha value is -0.570. The smallest absolute Gasteiger partial charge is 0.308 e. The summed E-state index contributed by atoms with van der Waals surface area (Å²) < 4.78 is 10.1. The molecule has 0 N–H and O–H groups in total. The predicted octanol–water partition coefficient (Wildman–Crippen LogP) is 1.61. The molecule has 0 aromatic rings. The number of carbonyl (C=O) groups is 1. The first-order valence-corrected chi connectivity index (χ1v) is 4.32. The van der Waals surface area contributed by atoms with Gasteiger partial charge in [0.25, 0.3) is 0 Å². The molecular formula is C9H18O3. The number of hydrogen-bond acceptors (Lipinski definition) is 3. The van der Waals surface area contributed by atoms with Gasteiger partial charge in [-0.3, -0.25) is 4.79 Å². The zero-order chi connectivity index (χ0) is 9.56. The Bertz CT molecular complexity index is 130. The molecular weight excluding hydrogens is 156 g/mol. The normalized spacial score (nSPS) is 10.8. The van der Waals surface area contributed by atoms with Crippen LogP contribution in [0.4, 0.5) is 0 Å². The summed E-state index contributed by atoms with van der Waals surface area (Å²) in [6.45, 7) is 8.36. The molecule has 0 radical (unpaired) electrons. The van der Waals surface area contributed by atoms with Crippen LogP contribution in [0.15, 0.2) is 0 Å². The van der Waals surface area contributed by atoms with E-state index in [9.17, 15) is 4.79 Å². The highest BCUT2D eigenvalue weighted by Gasteiger charge is 2.07. The van der Waals surface area contributed by atoms with Gasteiger partial charge in [0.15, 0.2) is 0 Å². The molecule has 0 unspecified atom stereocenters. The van der Waals surface area contributed by atoms with Gasteiger partial charge in [-0.25, -0.2) is 0 Å². The molecule has 0 aromatic carbocycles. The van der Waals surface area contributed by atoms with Gasteiger partial charge in [0.2, 0.25) is 0 Å². The Balaban J connectivity index is 3.26. The van der Waals surface area contributed by atoms with Crippen LogP contribution >= 0.6 is 0 Å². The zero-order valence-electron chi connectivity index (χ0n) is 8.29. The highest BCUT2D eigenvalue weighted by molar-refractivity contribution is 5.71. The summed E-state index contributed by atoms with van der Waals surface area (Å²) in [5.41, 5.74) is 0. The molecule has 0 amide bonds. The topological polar surface area (TPSA) is 35.5 Å².